The molecule has 0 bridgehead atoms. The second-order valence-electron chi connectivity index (χ2n) is 5.46. The Hall–Kier alpha value is -2.30. The van der Waals surface area contributed by atoms with Gasteiger partial charge in [-0.15, -0.1) is 0 Å². The Morgan fingerprint density at radius 1 is 1.48 bits per heavy atom. The van der Waals surface area contributed by atoms with Gasteiger partial charge in [-0.05, 0) is 43.7 Å². The van der Waals surface area contributed by atoms with Crippen LogP contribution in [0.2, 0.25) is 0 Å². The fraction of sp³-hybridized carbons (Fsp3) is 0.267. The molecule has 0 aliphatic carbocycles. The minimum Gasteiger partial charge on any atom is -0.310 e. The Balaban J connectivity index is 1.76. The second-order valence-corrected chi connectivity index (χ2v) is 7.13. The number of nitro benzene ring substituents is 1. The largest absolute Gasteiger partial charge is 0.310 e. The molecule has 2 amide bonds. The lowest BCUT2D eigenvalue weighted by atomic mass is 10.2. The van der Waals surface area contributed by atoms with Gasteiger partial charge < -0.3 is 5.32 Å². The topological polar surface area (TPSA) is 105 Å². The molecule has 1 aromatic rings. The van der Waals surface area contributed by atoms with Crippen molar-refractivity contribution in [3.05, 3.63) is 50.9 Å². The molecule has 8 nitrogen and oxygen atoms in total. The zero-order valence-corrected chi connectivity index (χ0v) is 14.6. The maximum Gasteiger partial charge on any atom is 0.284 e. The summed E-state index contributed by atoms with van der Waals surface area (Å²) in [5, 5.41) is 15.2. The molecule has 2 aliphatic heterocycles. The van der Waals surface area contributed by atoms with Gasteiger partial charge >= 0.3 is 0 Å². The van der Waals surface area contributed by atoms with E-state index in [1.54, 1.807) is 0 Å². The lowest BCUT2D eigenvalue weighted by Crippen LogP contribution is -2.45. The number of nitrogens with zero attached hydrogens (tertiary/aromatic N) is 2. The first-order valence-corrected chi connectivity index (χ1v) is 8.75. The van der Waals surface area contributed by atoms with Crippen molar-refractivity contribution in [1.82, 2.24) is 15.8 Å². The number of hydrazine groups is 1. The van der Waals surface area contributed by atoms with Gasteiger partial charge in [0, 0.05) is 12.1 Å². The molecule has 2 N–H and O–H groups in total. The molecule has 2 saturated heterocycles. The van der Waals surface area contributed by atoms with Gasteiger partial charge in [-0.1, -0.05) is 23.9 Å². The van der Waals surface area contributed by atoms with E-state index in [-0.39, 0.29) is 21.6 Å². The Bertz CT molecular complexity index is 789. The molecule has 25 heavy (non-hydrogen) atoms. The Morgan fingerprint density at radius 3 is 2.92 bits per heavy atom. The van der Waals surface area contributed by atoms with E-state index in [2.05, 4.69) is 10.7 Å². The third-order valence-electron chi connectivity index (χ3n) is 3.80. The van der Waals surface area contributed by atoms with Crippen LogP contribution in [-0.2, 0) is 4.79 Å². The molecule has 2 fully saturated rings. The number of nitro groups is 1. The van der Waals surface area contributed by atoms with Crippen LogP contribution in [0.25, 0.3) is 0 Å². The summed E-state index contributed by atoms with van der Waals surface area (Å²) >= 11 is 6.24. The number of amides is 2. The first kappa shape index (κ1) is 17.5. The molecule has 0 spiro atoms. The van der Waals surface area contributed by atoms with Gasteiger partial charge in [-0.25, -0.2) is 0 Å². The molecule has 0 aromatic heterocycles. The summed E-state index contributed by atoms with van der Waals surface area (Å²) in [6.45, 7) is 0.899. The number of nitrogens with one attached hydrogen (secondary N) is 2. The third kappa shape index (κ3) is 3.70. The fourth-order valence-electron chi connectivity index (χ4n) is 2.60. The third-order valence-corrected chi connectivity index (χ3v) is 5.12. The summed E-state index contributed by atoms with van der Waals surface area (Å²) in [7, 11) is 0. The Labute approximate surface area is 152 Å². The highest BCUT2D eigenvalue weighted by Gasteiger charge is 2.35. The van der Waals surface area contributed by atoms with Crippen molar-refractivity contribution in [1.29, 1.82) is 0 Å². The van der Waals surface area contributed by atoms with Gasteiger partial charge in [0.1, 0.15) is 5.56 Å². The van der Waals surface area contributed by atoms with E-state index in [1.165, 1.54) is 24.3 Å². The maximum absolute atomic E-state index is 12.5. The second kappa shape index (κ2) is 7.30. The SMILES string of the molecule is O=C(NN1C(=O)/C(=C/C2CCCN2)SC1=S)c1ccccc1[N+](=O)[O-]. The molecule has 130 valence electrons. The minimum atomic E-state index is -0.760. The monoisotopic (exact) mass is 378 g/mol. The fourth-order valence-corrected chi connectivity index (χ4v) is 3.82. The van der Waals surface area contributed by atoms with Crippen molar-refractivity contribution < 1.29 is 14.5 Å². The number of thioether (sulfide) groups is 1. The van der Waals surface area contributed by atoms with Crippen LogP contribution in [0, 0.1) is 10.1 Å². The predicted molar refractivity (Wildman–Crippen MR) is 96.7 cm³/mol. The van der Waals surface area contributed by atoms with Crippen molar-refractivity contribution in [2.24, 2.45) is 0 Å². The van der Waals surface area contributed by atoms with E-state index in [1.807, 2.05) is 6.08 Å². The van der Waals surface area contributed by atoms with E-state index in [4.69, 9.17) is 12.2 Å². The van der Waals surface area contributed by atoms with Crippen molar-refractivity contribution in [2.75, 3.05) is 6.54 Å². The lowest BCUT2D eigenvalue weighted by molar-refractivity contribution is -0.385. The number of hydrogen-bond donors (Lipinski definition) is 2. The van der Waals surface area contributed by atoms with Crippen molar-refractivity contribution in [3.63, 3.8) is 0 Å². The highest BCUT2D eigenvalue weighted by molar-refractivity contribution is 8.26. The summed E-state index contributed by atoms with van der Waals surface area (Å²) in [6.07, 6.45) is 3.78. The minimum absolute atomic E-state index is 0.111. The molecule has 0 radical (unpaired) electrons. The zero-order valence-electron chi connectivity index (χ0n) is 12.9. The summed E-state index contributed by atoms with van der Waals surface area (Å²) in [4.78, 5) is 35.6. The van der Waals surface area contributed by atoms with Crippen LogP contribution < -0.4 is 10.7 Å². The van der Waals surface area contributed by atoms with Crippen LogP contribution in [0.3, 0.4) is 0 Å². The molecule has 1 unspecified atom stereocenters. The van der Waals surface area contributed by atoms with Gasteiger partial charge in [0.25, 0.3) is 17.5 Å². The van der Waals surface area contributed by atoms with Crippen LogP contribution in [0.15, 0.2) is 35.2 Å². The molecule has 1 aromatic carbocycles. The molecule has 10 heteroatoms. The summed E-state index contributed by atoms with van der Waals surface area (Å²) < 4.78 is 0.182. The van der Waals surface area contributed by atoms with Crippen LogP contribution in [0.5, 0.6) is 0 Å². The zero-order chi connectivity index (χ0) is 18.0. The average molecular weight is 378 g/mol. The van der Waals surface area contributed by atoms with Crippen LogP contribution in [-0.4, -0.2) is 38.7 Å². The molecule has 0 saturated carbocycles. The first-order valence-electron chi connectivity index (χ1n) is 7.53. The van der Waals surface area contributed by atoms with Crippen LogP contribution in [0.4, 0.5) is 5.69 Å². The summed E-state index contributed by atoms with van der Waals surface area (Å²) in [5.74, 6) is -1.19. The Kier molecular flexibility index (Phi) is 5.11. The molecular formula is C15H14N4O4S2. The maximum atomic E-state index is 12.5. The number of hydrogen-bond acceptors (Lipinski definition) is 7. The number of para-hydroxylation sites is 1. The number of rotatable bonds is 4. The number of carbonyl (C=O) groups excluding carboxylic acids is 2. The van der Waals surface area contributed by atoms with Crippen molar-refractivity contribution in [3.8, 4) is 0 Å². The van der Waals surface area contributed by atoms with Gasteiger partial charge in [-0.3, -0.25) is 25.1 Å². The average Bonchev–Trinajstić information content (AvgIpc) is 3.19. The van der Waals surface area contributed by atoms with E-state index >= 15 is 0 Å². The number of carbonyl (C=O) groups is 2. The Morgan fingerprint density at radius 2 is 2.24 bits per heavy atom. The van der Waals surface area contributed by atoms with E-state index < -0.39 is 16.7 Å². The van der Waals surface area contributed by atoms with Crippen LogP contribution >= 0.6 is 24.0 Å². The molecule has 2 heterocycles. The predicted octanol–water partition coefficient (Wildman–Crippen LogP) is 1.74. The van der Waals surface area contributed by atoms with E-state index in [9.17, 15) is 19.7 Å². The molecule has 3 rings (SSSR count). The van der Waals surface area contributed by atoms with Gasteiger partial charge in [0.2, 0.25) is 0 Å². The standard InChI is InChI=1S/C15H14N4O4S2/c20-13(10-5-1-2-6-11(10)19(22)23)17-18-14(21)12(25-15(18)24)8-9-4-3-7-16-9/h1-2,5-6,8-9,16H,3-4,7H2,(H,17,20)/b12-8-. The normalized spacial score (nSPS) is 21.8. The van der Waals surface area contributed by atoms with Crippen LogP contribution in [0.1, 0.15) is 23.2 Å². The van der Waals surface area contributed by atoms with Gasteiger partial charge in [-0.2, -0.15) is 5.01 Å². The summed E-state index contributed by atoms with van der Waals surface area (Å²) in [6, 6.07) is 5.64. The van der Waals surface area contributed by atoms with E-state index in [0.717, 1.165) is 36.2 Å². The number of benzene rings is 1. The lowest BCUT2D eigenvalue weighted by Gasteiger charge is -2.15. The number of thiocarbonyl (C=S) groups is 1. The van der Waals surface area contributed by atoms with Crippen molar-refractivity contribution >= 4 is 45.8 Å². The van der Waals surface area contributed by atoms with Crippen molar-refractivity contribution in [2.45, 2.75) is 18.9 Å². The van der Waals surface area contributed by atoms with Gasteiger partial charge in [0.05, 0.1) is 9.83 Å². The van der Waals surface area contributed by atoms with E-state index in [0.29, 0.717) is 4.91 Å². The smallest absolute Gasteiger partial charge is 0.284 e. The molecule has 2 aliphatic rings. The van der Waals surface area contributed by atoms with Gasteiger partial charge in [0.15, 0.2) is 4.32 Å². The highest BCUT2D eigenvalue weighted by atomic mass is 32.2. The molecule has 1 atom stereocenters. The first-order chi connectivity index (χ1) is 12.0. The molecular weight excluding hydrogens is 364 g/mol. The highest BCUT2D eigenvalue weighted by Crippen LogP contribution is 2.31. The quantitative estimate of drug-likeness (QED) is 0.356. The summed E-state index contributed by atoms with van der Waals surface area (Å²) in [5.41, 5.74) is 1.89.